The fourth-order valence-corrected chi connectivity index (χ4v) is 2.84. The molecule has 0 atom stereocenters. The van der Waals surface area contributed by atoms with Gasteiger partial charge in [0, 0.05) is 17.9 Å². The Kier molecular flexibility index (Phi) is 7.98. The Morgan fingerprint density at radius 2 is 1.61 bits per heavy atom. The highest BCUT2D eigenvalue weighted by atomic mass is 19.4. The molecule has 5 N–H and O–H groups in total. The summed E-state index contributed by atoms with van der Waals surface area (Å²) >= 11 is 0. The van der Waals surface area contributed by atoms with Crippen molar-refractivity contribution in [1.29, 1.82) is 0 Å². The van der Waals surface area contributed by atoms with Gasteiger partial charge in [0.1, 0.15) is 5.75 Å². The van der Waals surface area contributed by atoms with E-state index in [0.717, 1.165) is 18.3 Å². The monoisotopic (exact) mass is 546 g/mol. The molecule has 0 aliphatic rings. The largest absolute Gasteiger partial charge is 0.573 e. The molecule has 1 aromatic heterocycles. The quantitative estimate of drug-likeness (QED) is 0.315. The number of urea groups is 1. The van der Waals surface area contributed by atoms with Crippen LogP contribution in [0.2, 0.25) is 0 Å². The van der Waals surface area contributed by atoms with Crippen LogP contribution in [0.5, 0.6) is 5.75 Å². The predicted octanol–water partition coefficient (Wildman–Crippen LogP) is 3.65. The lowest BCUT2D eigenvalue weighted by Crippen LogP contribution is -2.33. The Morgan fingerprint density at radius 3 is 2.21 bits per heavy atom. The molecule has 38 heavy (non-hydrogen) atoms. The van der Waals surface area contributed by atoms with E-state index in [0.29, 0.717) is 11.3 Å². The number of nitrogens with one attached hydrogen (secondary N) is 3. The van der Waals surface area contributed by atoms with Crippen LogP contribution in [0.25, 0.3) is 0 Å². The average molecular weight is 546 g/mol. The number of amides is 3. The van der Waals surface area contributed by atoms with Gasteiger partial charge in [-0.3, -0.25) is 4.79 Å². The van der Waals surface area contributed by atoms with Gasteiger partial charge in [-0.15, -0.1) is 18.3 Å². The number of anilines is 3. The fourth-order valence-electron chi connectivity index (χ4n) is 2.84. The van der Waals surface area contributed by atoms with Crippen LogP contribution in [0.3, 0.4) is 0 Å². The average Bonchev–Trinajstić information content (AvgIpc) is 3.20. The van der Waals surface area contributed by atoms with E-state index >= 15 is 0 Å². The Balaban J connectivity index is 1.61. The molecule has 0 aliphatic heterocycles. The summed E-state index contributed by atoms with van der Waals surface area (Å²) in [5.74, 6) is -4.14. The summed E-state index contributed by atoms with van der Waals surface area (Å²) in [6.45, 7) is -0.0308. The number of carbonyl (C=O) groups excluding carboxylic acids is 3. The number of alkyl halides is 6. The van der Waals surface area contributed by atoms with Crippen molar-refractivity contribution < 1.29 is 50.3 Å². The molecule has 0 saturated heterocycles. The second kappa shape index (κ2) is 11.0. The van der Waals surface area contributed by atoms with Crippen molar-refractivity contribution in [1.82, 2.24) is 9.94 Å². The van der Waals surface area contributed by atoms with Gasteiger partial charge in [0.05, 0.1) is 11.9 Å². The fraction of sp³-hybridized carbons (Fsp3) is 0.143. The number of nitrogens with two attached hydrogens (primary N) is 1. The van der Waals surface area contributed by atoms with E-state index in [9.17, 15) is 40.7 Å². The number of hydrogen-bond acceptors (Lipinski definition) is 7. The SMILES string of the molecule is NC(=O)c1nn(OC(=O)C(F)(F)F)cc1NCc1cccc(NC(=O)Nc2ccc(OC(F)(F)F)cc2)c1. The molecule has 2 aromatic carbocycles. The van der Waals surface area contributed by atoms with Gasteiger partial charge in [0.15, 0.2) is 5.69 Å². The van der Waals surface area contributed by atoms with Crippen molar-refractivity contribution >= 4 is 35.0 Å². The number of primary amides is 1. The minimum Gasteiger partial charge on any atom is -0.406 e. The van der Waals surface area contributed by atoms with Gasteiger partial charge in [-0.2, -0.15) is 13.2 Å². The summed E-state index contributed by atoms with van der Waals surface area (Å²) < 4.78 is 77.6. The summed E-state index contributed by atoms with van der Waals surface area (Å²) in [5, 5.41) is 11.0. The van der Waals surface area contributed by atoms with Crippen molar-refractivity contribution in [3.8, 4) is 5.75 Å². The third-order valence-electron chi connectivity index (χ3n) is 4.35. The zero-order valence-electron chi connectivity index (χ0n) is 18.7. The van der Waals surface area contributed by atoms with Gasteiger partial charge in [-0.25, -0.2) is 9.59 Å². The zero-order chi connectivity index (χ0) is 28.1. The van der Waals surface area contributed by atoms with Gasteiger partial charge >= 0.3 is 24.5 Å². The summed E-state index contributed by atoms with van der Waals surface area (Å²) in [4.78, 5) is 38.9. The molecule has 0 fully saturated rings. The van der Waals surface area contributed by atoms with Crippen molar-refractivity contribution in [2.75, 3.05) is 16.0 Å². The minimum absolute atomic E-state index is 0.0308. The first-order chi connectivity index (χ1) is 17.7. The first-order valence-electron chi connectivity index (χ1n) is 10.2. The number of ether oxygens (including phenoxy) is 1. The summed E-state index contributed by atoms with van der Waals surface area (Å²) in [7, 11) is 0. The lowest BCUT2D eigenvalue weighted by Gasteiger charge is -2.11. The lowest BCUT2D eigenvalue weighted by atomic mass is 10.2. The van der Waals surface area contributed by atoms with Crippen LogP contribution in [-0.2, 0) is 11.3 Å². The molecule has 0 saturated carbocycles. The second-order valence-electron chi connectivity index (χ2n) is 7.24. The van der Waals surface area contributed by atoms with E-state index in [-0.39, 0.29) is 22.8 Å². The van der Waals surface area contributed by atoms with E-state index in [4.69, 9.17) is 5.73 Å². The molecular weight excluding hydrogens is 530 g/mol. The lowest BCUT2D eigenvalue weighted by molar-refractivity contribution is -0.274. The van der Waals surface area contributed by atoms with Crippen LogP contribution in [0, 0.1) is 0 Å². The van der Waals surface area contributed by atoms with E-state index in [1.165, 1.54) is 24.3 Å². The first kappa shape index (κ1) is 27.6. The van der Waals surface area contributed by atoms with Crippen LogP contribution < -0.4 is 31.3 Å². The maximum absolute atomic E-state index is 12.4. The first-order valence-corrected chi connectivity index (χ1v) is 10.2. The molecular formula is C21H16F6N6O5. The van der Waals surface area contributed by atoms with Gasteiger partial charge in [-0.1, -0.05) is 17.0 Å². The van der Waals surface area contributed by atoms with E-state index in [2.05, 4.69) is 30.6 Å². The Bertz CT molecular complexity index is 1320. The summed E-state index contributed by atoms with van der Waals surface area (Å²) in [5.41, 5.74) is 5.52. The van der Waals surface area contributed by atoms with Crippen molar-refractivity contribution in [3.63, 3.8) is 0 Å². The maximum atomic E-state index is 12.4. The van der Waals surface area contributed by atoms with Crippen molar-refractivity contribution in [2.24, 2.45) is 5.73 Å². The molecule has 3 aromatic rings. The molecule has 17 heteroatoms. The Morgan fingerprint density at radius 1 is 0.947 bits per heavy atom. The van der Waals surface area contributed by atoms with E-state index < -0.39 is 41.9 Å². The summed E-state index contributed by atoms with van der Waals surface area (Å²) in [6.07, 6.45) is -9.34. The number of nitrogens with zero attached hydrogens (tertiary/aromatic N) is 2. The van der Waals surface area contributed by atoms with Gasteiger partial charge in [-0.05, 0) is 42.0 Å². The minimum atomic E-state index is -5.29. The van der Waals surface area contributed by atoms with Crippen LogP contribution in [-0.4, -0.2) is 40.4 Å². The van der Waals surface area contributed by atoms with Crippen molar-refractivity contribution in [3.05, 3.63) is 66.0 Å². The molecule has 0 bridgehead atoms. The zero-order valence-corrected chi connectivity index (χ0v) is 18.7. The van der Waals surface area contributed by atoms with Crippen LogP contribution >= 0.6 is 0 Å². The second-order valence-corrected chi connectivity index (χ2v) is 7.24. The molecule has 11 nitrogen and oxygen atoms in total. The molecule has 1 heterocycles. The third kappa shape index (κ3) is 8.04. The molecule has 0 radical (unpaired) electrons. The molecule has 3 amide bonds. The highest BCUT2D eigenvalue weighted by molar-refractivity contribution is 5.99. The molecule has 0 aliphatic carbocycles. The third-order valence-corrected chi connectivity index (χ3v) is 4.35. The van der Waals surface area contributed by atoms with Crippen LogP contribution in [0.15, 0.2) is 54.7 Å². The molecule has 3 rings (SSSR count). The predicted molar refractivity (Wildman–Crippen MR) is 118 cm³/mol. The van der Waals surface area contributed by atoms with E-state index in [1.54, 1.807) is 12.1 Å². The molecule has 202 valence electrons. The Labute approximate surface area is 208 Å². The number of aromatic nitrogens is 2. The van der Waals surface area contributed by atoms with Crippen LogP contribution in [0.1, 0.15) is 16.1 Å². The van der Waals surface area contributed by atoms with Gasteiger partial charge in [0.25, 0.3) is 5.91 Å². The highest BCUT2D eigenvalue weighted by Gasteiger charge is 2.42. The van der Waals surface area contributed by atoms with Gasteiger partial charge in [0.2, 0.25) is 0 Å². The van der Waals surface area contributed by atoms with E-state index in [1.807, 2.05) is 0 Å². The number of hydrogen-bond donors (Lipinski definition) is 4. The number of rotatable bonds is 8. The maximum Gasteiger partial charge on any atom is 0.573 e. The summed E-state index contributed by atoms with van der Waals surface area (Å²) in [6, 6.07) is 9.89. The highest BCUT2D eigenvalue weighted by Crippen LogP contribution is 2.24. The number of benzene rings is 2. The molecule has 0 unspecified atom stereocenters. The smallest absolute Gasteiger partial charge is 0.406 e. The Hall–Kier alpha value is -4.96. The standard InChI is InChI=1S/C21H16F6N6O5/c22-20(23,24)18(35)38-33-10-15(16(32-33)17(28)34)29-9-11-2-1-3-13(8-11)31-19(36)30-12-4-6-14(7-5-12)37-21(25,26)27/h1-8,10,29H,9H2,(H2,28,34)(H2,30,31,36). The van der Waals surface area contributed by atoms with Crippen LogP contribution in [0.4, 0.5) is 48.2 Å². The van der Waals surface area contributed by atoms with Gasteiger partial charge < -0.3 is 31.3 Å². The topological polar surface area (TPSA) is 150 Å². The van der Waals surface area contributed by atoms with Crippen molar-refractivity contribution in [2.45, 2.75) is 19.1 Å². The number of halogens is 6. The number of carbonyl (C=O) groups is 3. The molecule has 0 spiro atoms. The normalized spacial score (nSPS) is 11.4.